The van der Waals surface area contributed by atoms with Crippen LogP contribution < -0.4 is 5.73 Å². The maximum absolute atomic E-state index is 12.6. The van der Waals surface area contributed by atoms with E-state index in [1.54, 1.807) is 11.9 Å². The summed E-state index contributed by atoms with van der Waals surface area (Å²) in [5.41, 5.74) is 5.53. The normalized spacial score (nSPS) is 18.1. The lowest BCUT2D eigenvalue weighted by molar-refractivity contribution is -0.137. The lowest BCUT2D eigenvalue weighted by Crippen LogP contribution is -2.55. The zero-order valence-electron chi connectivity index (χ0n) is 14.1. The van der Waals surface area contributed by atoms with Crippen molar-refractivity contribution in [1.82, 2.24) is 15.0 Å². The number of likely N-dealkylation sites (N-methyl/N-ethyl adjacent to an activating group) is 1. The Labute approximate surface area is 143 Å². The summed E-state index contributed by atoms with van der Waals surface area (Å²) in [6, 6.07) is 0. The Hall–Kier alpha value is -1.18. The highest BCUT2D eigenvalue weighted by Gasteiger charge is 2.37. The van der Waals surface area contributed by atoms with E-state index in [-0.39, 0.29) is 31.0 Å². The summed E-state index contributed by atoms with van der Waals surface area (Å²) in [6.45, 7) is 4.63. The van der Waals surface area contributed by atoms with Crippen molar-refractivity contribution in [3.8, 4) is 0 Å². The smallest absolute Gasteiger partial charge is 0.246 e. The number of carbonyl (C=O) groups excluding carboxylic acids is 1. The number of ether oxygens (including phenoxy) is 1. The molecule has 132 valence electrons. The third-order valence-electron chi connectivity index (χ3n) is 4.15. The van der Waals surface area contributed by atoms with Crippen LogP contribution in [0.4, 0.5) is 0 Å². The van der Waals surface area contributed by atoms with Crippen molar-refractivity contribution >= 4 is 18.3 Å². The summed E-state index contributed by atoms with van der Waals surface area (Å²) in [5.74, 6) is 0.847. The van der Waals surface area contributed by atoms with E-state index in [1.165, 1.54) is 0 Å². The molecule has 1 atom stereocenters. The number of hydrogen-bond donors (Lipinski definition) is 1. The molecule has 1 aromatic heterocycles. The SMILES string of the molecule is CCOC(C)c1noc(CN(C)C(=O)C2(N)CCCCC2)n1.Cl. The topological polar surface area (TPSA) is 94.5 Å². The Balaban J connectivity index is 0.00000264. The number of hydrogen-bond acceptors (Lipinski definition) is 6. The van der Waals surface area contributed by atoms with E-state index in [4.69, 9.17) is 15.0 Å². The number of amides is 1. The molecule has 2 N–H and O–H groups in total. The summed E-state index contributed by atoms with van der Waals surface area (Å²) in [4.78, 5) is 18.4. The molecule has 0 aliphatic heterocycles. The molecule has 1 saturated carbocycles. The van der Waals surface area contributed by atoms with Gasteiger partial charge < -0.3 is 19.9 Å². The van der Waals surface area contributed by atoms with Crippen LogP contribution in [-0.4, -0.2) is 40.1 Å². The lowest BCUT2D eigenvalue weighted by Gasteiger charge is -2.34. The third-order valence-corrected chi connectivity index (χ3v) is 4.15. The number of nitrogens with two attached hydrogens (primary N) is 1. The minimum Gasteiger partial charge on any atom is -0.371 e. The molecule has 2 rings (SSSR count). The lowest BCUT2D eigenvalue weighted by atomic mass is 9.81. The van der Waals surface area contributed by atoms with Gasteiger partial charge in [0.1, 0.15) is 6.10 Å². The number of halogens is 1. The number of rotatable bonds is 6. The second-order valence-corrected chi connectivity index (χ2v) is 6.02. The molecule has 1 heterocycles. The first kappa shape index (κ1) is 19.9. The average Bonchev–Trinajstić information content (AvgIpc) is 2.96. The first-order chi connectivity index (χ1) is 10.5. The minimum atomic E-state index is -0.742. The van der Waals surface area contributed by atoms with Crippen LogP contribution in [0.25, 0.3) is 0 Å². The van der Waals surface area contributed by atoms with E-state index in [1.807, 2.05) is 13.8 Å². The Bertz CT molecular complexity index is 503. The van der Waals surface area contributed by atoms with Crippen LogP contribution in [0.5, 0.6) is 0 Å². The van der Waals surface area contributed by atoms with Crippen molar-refractivity contribution in [2.45, 2.75) is 64.1 Å². The van der Waals surface area contributed by atoms with Crippen LogP contribution in [-0.2, 0) is 16.1 Å². The molecule has 0 radical (unpaired) electrons. The van der Waals surface area contributed by atoms with Crippen molar-refractivity contribution < 1.29 is 14.1 Å². The van der Waals surface area contributed by atoms with Gasteiger partial charge in [0.25, 0.3) is 0 Å². The van der Waals surface area contributed by atoms with Gasteiger partial charge in [-0.25, -0.2) is 0 Å². The van der Waals surface area contributed by atoms with Crippen molar-refractivity contribution in [1.29, 1.82) is 0 Å². The summed E-state index contributed by atoms with van der Waals surface area (Å²) >= 11 is 0. The molecule has 1 unspecified atom stereocenters. The average molecular weight is 347 g/mol. The summed E-state index contributed by atoms with van der Waals surface area (Å²) in [7, 11) is 1.72. The molecule has 0 bridgehead atoms. The molecule has 1 aliphatic rings. The van der Waals surface area contributed by atoms with Gasteiger partial charge in [0.2, 0.25) is 11.8 Å². The van der Waals surface area contributed by atoms with E-state index >= 15 is 0 Å². The Kier molecular flexibility index (Phi) is 7.44. The quantitative estimate of drug-likeness (QED) is 0.848. The molecule has 8 heteroatoms. The Morgan fingerprint density at radius 1 is 1.43 bits per heavy atom. The third kappa shape index (κ3) is 4.89. The van der Waals surface area contributed by atoms with Gasteiger partial charge in [-0.15, -0.1) is 12.4 Å². The fraction of sp³-hybridized carbons (Fsp3) is 0.800. The van der Waals surface area contributed by atoms with E-state index in [2.05, 4.69) is 10.1 Å². The predicted molar refractivity (Wildman–Crippen MR) is 88.1 cm³/mol. The zero-order valence-corrected chi connectivity index (χ0v) is 14.9. The molecule has 7 nitrogen and oxygen atoms in total. The van der Waals surface area contributed by atoms with Crippen LogP contribution in [0.1, 0.15) is 63.8 Å². The van der Waals surface area contributed by atoms with Gasteiger partial charge in [0.15, 0.2) is 5.82 Å². The second kappa shape index (κ2) is 8.61. The molecular formula is C15H27ClN4O3. The van der Waals surface area contributed by atoms with Gasteiger partial charge in [-0.1, -0.05) is 24.4 Å². The van der Waals surface area contributed by atoms with Gasteiger partial charge in [-0.3, -0.25) is 4.79 Å². The highest BCUT2D eigenvalue weighted by Crippen LogP contribution is 2.27. The number of nitrogens with zero attached hydrogens (tertiary/aromatic N) is 3. The molecule has 1 fully saturated rings. The summed E-state index contributed by atoms with van der Waals surface area (Å²) in [5, 5.41) is 3.90. The highest BCUT2D eigenvalue weighted by atomic mass is 35.5. The molecule has 0 aromatic carbocycles. The van der Waals surface area contributed by atoms with Crippen LogP contribution in [0.3, 0.4) is 0 Å². The van der Waals surface area contributed by atoms with E-state index in [0.29, 0.717) is 18.3 Å². The van der Waals surface area contributed by atoms with E-state index in [0.717, 1.165) is 32.1 Å². The summed E-state index contributed by atoms with van der Waals surface area (Å²) < 4.78 is 10.6. The second-order valence-electron chi connectivity index (χ2n) is 6.02. The van der Waals surface area contributed by atoms with Crippen LogP contribution in [0, 0.1) is 0 Å². The summed E-state index contributed by atoms with van der Waals surface area (Å²) in [6.07, 6.45) is 4.43. The van der Waals surface area contributed by atoms with Crippen LogP contribution in [0.2, 0.25) is 0 Å². The molecule has 1 amide bonds. The van der Waals surface area contributed by atoms with Crippen molar-refractivity contribution in [3.05, 3.63) is 11.7 Å². The van der Waals surface area contributed by atoms with Crippen LogP contribution in [0.15, 0.2) is 4.52 Å². The van der Waals surface area contributed by atoms with E-state index < -0.39 is 5.54 Å². The monoisotopic (exact) mass is 346 g/mol. The number of carbonyl (C=O) groups is 1. The maximum Gasteiger partial charge on any atom is 0.246 e. The Morgan fingerprint density at radius 3 is 2.70 bits per heavy atom. The molecule has 1 aliphatic carbocycles. The fourth-order valence-corrected chi connectivity index (χ4v) is 2.87. The van der Waals surface area contributed by atoms with E-state index in [9.17, 15) is 4.79 Å². The van der Waals surface area contributed by atoms with Gasteiger partial charge >= 0.3 is 0 Å². The van der Waals surface area contributed by atoms with Crippen molar-refractivity contribution in [2.24, 2.45) is 5.73 Å². The predicted octanol–water partition coefficient (Wildman–Crippen LogP) is 2.21. The Morgan fingerprint density at radius 2 is 2.09 bits per heavy atom. The van der Waals surface area contributed by atoms with Crippen molar-refractivity contribution in [2.75, 3.05) is 13.7 Å². The first-order valence-electron chi connectivity index (χ1n) is 7.95. The number of aromatic nitrogens is 2. The molecule has 0 spiro atoms. The zero-order chi connectivity index (χ0) is 16.2. The molecule has 23 heavy (non-hydrogen) atoms. The van der Waals surface area contributed by atoms with Gasteiger partial charge in [-0.2, -0.15) is 4.98 Å². The standard InChI is InChI=1S/C15H26N4O3.ClH/c1-4-21-11(2)13-17-12(22-18-13)10-19(3)14(20)15(16)8-6-5-7-9-15;/h11H,4-10,16H2,1-3H3;1H. The highest BCUT2D eigenvalue weighted by molar-refractivity contribution is 5.86. The minimum absolute atomic E-state index is 0. The van der Waals surface area contributed by atoms with Gasteiger partial charge in [0.05, 0.1) is 12.1 Å². The van der Waals surface area contributed by atoms with Crippen LogP contribution >= 0.6 is 12.4 Å². The first-order valence-corrected chi connectivity index (χ1v) is 7.95. The van der Waals surface area contributed by atoms with Gasteiger partial charge in [-0.05, 0) is 26.7 Å². The maximum atomic E-state index is 12.6. The molecular weight excluding hydrogens is 320 g/mol. The van der Waals surface area contributed by atoms with Crippen molar-refractivity contribution in [3.63, 3.8) is 0 Å². The molecule has 1 aromatic rings. The molecule has 0 saturated heterocycles. The van der Waals surface area contributed by atoms with Gasteiger partial charge in [0, 0.05) is 13.7 Å². The fourth-order valence-electron chi connectivity index (χ4n) is 2.87. The largest absolute Gasteiger partial charge is 0.371 e.